The first kappa shape index (κ1) is 14.3. The van der Waals surface area contributed by atoms with Crippen molar-refractivity contribution >= 4 is 33.1 Å². The number of anilines is 1. The molecule has 3 heterocycles. The van der Waals surface area contributed by atoms with Gasteiger partial charge in [-0.1, -0.05) is 6.42 Å². The van der Waals surface area contributed by atoms with E-state index in [4.69, 9.17) is 10.7 Å². The van der Waals surface area contributed by atoms with Crippen LogP contribution in [0, 0.1) is 0 Å². The summed E-state index contributed by atoms with van der Waals surface area (Å²) in [5, 5.41) is 4.38. The van der Waals surface area contributed by atoms with Crippen molar-refractivity contribution in [1.29, 1.82) is 0 Å². The van der Waals surface area contributed by atoms with E-state index in [1.54, 1.807) is 19.0 Å². The highest BCUT2D eigenvalue weighted by Gasteiger charge is 2.21. The third kappa shape index (κ3) is 2.61. The van der Waals surface area contributed by atoms with Crippen LogP contribution in [0.25, 0.3) is 10.2 Å². The first-order valence-electron chi connectivity index (χ1n) is 7.22. The Balaban J connectivity index is 2.00. The number of amides is 1. The molecule has 0 spiro atoms. The van der Waals surface area contributed by atoms with Crippen molar-refractivity contribution in [3.05, 3.63) is 22.7 Å². The molecular formula is C15H20N4OS. The van der Waals surface area contributed by atoms with Gasteiger partial charge in [0, 0.05) is 25.5 Å². The fourth-order valence-electron chi connectivity index (χ4n) is 2.67. The second-order valence-electron chi connectivity index (χ2n) is 5.64. The summed E-state index contributed by atoms with van der Waals surface area (Å²) in [5.74, 6) is -0.0622. The standard InChI is InChI=1S/C15H20N4OS/c1-19(2)15(20)13-12(16)9-6-7-11(18-14(9)21-13)10-5-3-4-8-17-10/h6-7,10,17H,3-5,8,16H2,1-2H3. The van der Waals surface area contributed by atoms with E-state index in [0.29, 0.717) is 16.6 Å². The smallest absolute Gasteiger partial charge is 0.265 e. The van der Waals surface area contributed by atoms with Crippen molar-refractivity contribution < 1.29 is 4.79 Å². The molecule has 1 unspecified atom stereocenters. The van der Waals surface area contributed by atoms with Crippen LogP contribution >= 0.6 is 11.3 Å². The molecule has 112 valence electrons. The predicted octanol–water partition coefficient (Wildman–Crippen LogP) is 2.39. The number of pyridine rings is 1. The molecule has 3 N–H and O–H groups in total. The molecule has 3 rings (SSSR count). The van der Waals surface area contributed by atoms with Crippen molar-refractivity contribution in [2.75, 3.05) is 26.4 Å². The number of piperidine rings is 1. The Morgan fingerprint density at radius 3 is 2.90 bits per heavy atom. The van der Waals surface area contributed by atoms with E-state index in [-0.39, 0.29) is 5.91 Å². The summed E-state index contributed by atoms with van der Waals surface area (Å²) in [6.45, 7) is 1.04. The van der Waals surface area contributed by atoms with Crippen LogP contribution in [0.15, 0.2) is 12.1 Å². The average molecular weight is 304 g/mol. The summed E-state index contributed by atoms with van der Waals surface area (Å²) >= 11 is 1.38. The lowest BCUT2D eigenvalue weighted by molar-refractivity contribution is 0.0833. The summed E-state index contributed by atoms with van der Waals surface area (Å²) in [6.07, 6.45) is 3.57. The van der Waals surface area contributed by atoms with E-state index in [1.165, 1.54) is 24.2 Å². The van der Waals surface area contributed by atoms with Gasteiger partial charge in [0.1, 0.15) is 9.71 Å². The second kappa shape index (κ2) is 5.61. The number of thiophene rings is 1. The molecular weight excluding hydrogens is 284 g/mol. The maximum absolute atomic E-state index is 12.1. The number of fused-ring (bicyclic) bond motifs is 1. The van der Waals surface area contributed by atoms with Crippen LogP contribution in [0.4, 0.5) is 5.69 Å². The van der Waals surface area contributed by atoms with Gasteiger partial charge in [-0.2, -0.15) is 0 Å². The molecule has 1 aliphatic heterocycles. The molecule has 0 aromatic carbocycles. The van der Waals surface area contributed by atoms with Crippen molar-refractivity contribution in [2.45, 2.75) is 25.3 Å². The van der Waals surface area contributed by atoms with Crippen LogP contribution in [0.5, 0.6) is 0 Å². The summed E-state index contributed by atoms with van der Waals surface area (Å²) in [7, 11) is 3.47. The third-order valence-electron chi connectivity index (χ3n) is 3.88. The SMILES string of the molecule is CN(C)C(=O)c1sc2nc(C3CCCCN3)ccc2c1N. The van der Waals surface area contributed by atoms with Gasteiger partial charge in [0.05, 0.1) is 11.4 Å². The average Bonchev–Trinajstić information content (AvgIpc) is 2.84. The minimum absolute atomic E-state index is 0.0622. The molecule has 2 aromatic rings. The lowest BCUT2D eigenvalue weighted by atomic mass is 10.0. The minimum Gasteiger partial charge on any atom is -0.397 e. The number of carbonyl (C=O) groups excluding carboxylic acids is 1. The Bertz CT molecular complexity index is 674. The predicted molar refractivity (Wildman–Crippen MR) is 86.6 cm³/mol. The van der Waals surface area contributed by atoms with Gasteiger partial charge in [-0.15, -0.1) is 11.3 Å². The van der Waals surface area contributed by atoms with Crippen LogP contribution in [0.1, 0.15) is 40.7 Å². The molecule has 5 nitrogen and oxygen atoms in total. The third-order valence-corrected chi connectivity index (χ3v) is 4.99. The molecule has 0 radical (unpaired) electrons. The zero-order valence-corrected chi connectivity index (χ0v) is 13.2. The number of carbonyl (C=O) groups is 1. The van der Waals surface area contributed by atoms with Gasteiger partial charge in [0.25, 0.3) is 5.91 Å². The van der Waals surface area contributed by atoms with E-state index >= 15 is 0 Å². The van der Waals surface area contributed by atoms with Gasteiger partial charge >= 0.3 is 0 Å². The van der Waals surface area contributed by atoms with Crippen LogP contribution in [0.2, 0.25) is 0 Å². The number of hydrogen-bond acceptors (Lipinski definition) is 5. The molecule has 1 atom stereocenters. The molecule has 1 aliphatic rings. The highest BCUT2D eigenvalue weighted by Crippen LogP contribution is 2.34. The van der Waals surface area contributed by atoms with Crippen molar-refractivity contribution in [3.8, 4) is 0 Å². The summed E-state index contributed by atoms with van der Waals surface area (Å²) in [5.41, 5.74) is 7.71. The number of rotatable bonds is 2. The number of nitrogens with zero attached hydrogens (tertiary/aromatic N) is 2. The lowest BCUT2D eigenvalue weighted by Crippen LogP contribution is -2.27. The first-order valence-corrected chi connectivity index (χ1v) is 8.03. The molecule has 1 amide bonds. The van der Waals surface area contributed by atoms with Crippen LogP contribution < -0.4 is 11.1 Å². The van der Waals surface area contributed by atoms with E-state index in [1.807, 2.05) is 12.1 Å². The Hall–Kier alpha value is -1.66. The number of nitrogens with two attached hydrogens (primary N) is 1. The van der Waals surface area contributed by atoms with E-state index in [2.05, 4.69) is 5.32 Å². The van der Waals surface area contributed by atoms with E-state index < -0.39 is 0 Å². The number of hydrogen-bond donors (Lipinski definition) is 2. The van der Waals surface area contributed by atoms with Gasteiger partial charge < -0.3 is 16.0 Å². The fraction of sp³-hybridized carbons (Fsp3) is 0.467. The van der Waals surface area contributed by atoms with Crippen molar-refractivity contribution in [1.82, 2.24) is 15.2 Å². The highest BCUT2D eigenvalue weighted by atomic mass is 32.1. The fourth-order valence-corrected chi connectivity index (χ4v) is 3.79. The summed E-state index contributed by atoms with van der Waals surface area (Å²) < 4.78 is 0. The highest BCUT2D eigenvalue weighted by molar-refractivity contribution is 7.21. The zero-order valence-electron chi connectivity index (χ0n) is 12.3. The maximum Gasteiger partial charge on any atom is 0.265 e. The van der Waals surface area contributed by atoms with Crippen molar-refractivity contribution in [3.63, 3.8) is 0 Å². The van der Waals surface area contributed by atoms with Gasteiger partial charge in [-0.05, 0) is 31.5 Å². The molecule has 1 saturated heterocycles. The Kier molecular flexibility index (Phi) is 3.82. The molecule has 0 bridgehead atoms. The van der Waals surface area contributed by atoms with Gasteiger partial charge in [-0.25, -0.2) is 4.98 Å². The Morgan fingerprint density at radius 2 is 2.24 bits per heavy atom. The van der Waals surface area contributed by atoms with Gasteiger partial charge in [0.2, 0.25) is 0 Å². The topological polar surface area (TPSA) is 71.2 Å². The maximum atomic E-state index is 12.1. The number of aromatic nitrogens is 1. The van der Waals surface area contributed by atoms with Gasteiger partial charge in [-0.3, -0.25) is 4.79 Å². The van der Waals surface area contributed by atoms with E-state index in [0.717, 1.165) is 28.9 Å². The number of nitrogens with one attached hydrogen (secondary N) is 1. The van der Waals surface area contributed by atoms with Gasteiger partial charge in [0.15, 0.2) is 0 Å². The Labute approximate surface area is 128 Å². The van der Waals surface area contributed by atoms with E-state index in [9.17, 15) is 4.79 Å². The molecule has 0 saturated carbocycles. The largest absolute Gasteiger partial charge is 0.397 e. The monoisotopic (exact) mass is 304 g/mol. The Morgan fingerprint density at radius 1 is 1.43 bits per heavy atom. The minimum atomic E-state index is -0.0622. The summed E-state index contributed by atoms with van der Waals surface area (Å²) in [6, 6.07) is 4.34. The van der Waals surface area contributed by atoms with Crippen LogP contribution in [-0.2, 0) is 0 Å². The summed E-state index contributed by atoms with van der Waals surface area (Å²) in [4.78, 5) is 19.8. The molecule has 1 fully saturated rings. The quantitative estimate of drug-likeness (QED) is 0.893. The zero-order chi connectivity index (χ0) is 15.0. The molecule has 21 heavy (non-hydrogen) atoms. The number of nitrogen functional groups attached to an aromatic ring is 1. The first-order chi connectivity index (χ1) is 10.1. The molecule has 0 aliphatic carbocycles. The lowest BCUT2D eigenvalue weighted by Gasteiger charge is -2.22. The van der Waals surface area contributed by atoms with Crippen LogP contribution in [0.3, 0.4) is 0 Å². The van der Waals surface area contributed by atoms with Crippen LogP contribution in [-0.4, -0.2) is 36.4 Å². The molecule has 6 heteroatoms. The van der Waals surface area contributed by atoms with Crippen molar-refractivity contribution in [2.24, 2.45) is 0 Å². The normalized spacial score (nSPS) is 18.9. The second-order valence-corrected chi connectivity index (χ2v) is 6.63. The molecule has 2 aromatic heterocycles.